The van der Waals surface area contributed by atoms with Gasteiger partial charge in [0.05, 0.1) is 5.39 Å². The summed E-state index contributed by atoms with van der Waals surface area (Å²) >= 11 is 0. The number of aromatic nitrogens is 2. The zero-order chi connectivity index (χ0) is 15.7. The number of rotatable bonds is 1. The number of halogens is 2. The molecule has 3 N–H and O–H groups in total. The maximum Gasteiger partial charge on any atom is 0.222 e. The summed E-state index contributed by atoms with van der Waals surface area (Å²) in [7, 11) is 0. The maximum absolute atomic E-state index is 14.2. The molecule has 0 saturated carbocycles. The molecular formula is C15H13F2N5O. The van der Waals surface area contributed by atoms with Crippen LogP contribution in [0, 0.1) is 11.6 Å². The van der Waals surface area contributed by atoms with Crippen LogP contribution in [0.25, 0.3) is 22.1 Å². The molecule has 0 radical (unpaired) electrons. The first-order valence-electron chi connectivity index (χ1n) is 7.45. The Hall–Kier alpha value is -2.48. The monoisotopic (exact) mass is 317 g/mol. The van der Waals surface area contributed by atoms with E-state index in [1.807, 2.05) is 0 Å². The van der Waals surface area contributed by atoms with E-state index in [1.54, 1.807) is 0 Å². The minimum absolute atomic E-state index is 0.0119. The number of benzene rings is 1. The van der Waals surface area contributed by atoms with Gasteiger partial charge in [-0.25, -0.2) is 13.8 Å². The van der Waals surface area contributed by atoms with Crippen LogP contribution in [0.3, 0.4) is 0 Å². The number of nitrogens with one attached hydrogen (secondary N) is 1. The topological polar surface area (TPSA) is 80.2 Å². The lowest BCUT2D eigenvalue weighted by Crippen LogP contribution is -2.44. The Morgan fingerprint density at radius 3 is 2.91 bits per heavy atom. The zero-order valence-corrected chi connectivity index (χ0v) is 12.0. The van der Waals surface area contributed by atoms with E-state index in [2.05, 4.69) is 20.2 Å². The van der Waals surface area contributed by atoms with Crippen LogP contribution in [-0.2, 0) is 0 Å². The summed E-state index contributed by atoms with van der Waals surface area (Å²) < 4.78 is 33.5. The fourth-order valence-electron chi connectivity index (χ4n) is 3.68. The number of hydrogen-bond acceptors (Lipinski definition) is 6. The Morgan fingerprint density at radius 2 is 2.17 bits per heavy atom. The van der Waals surface area contributed by atoms with Crippen LogP contribution in [-0.4, -0.2) is 35.1 Å². The largest absolute Gasteiger partial charge is 0.450 e. The van der Waals surface area contributed by atoms with Crippen LogP contribution < -0.4 is 16.0 Å². The van der Waals surface area contributed by atoms with E-state index in [0.717, 1.165) is 25.6 Å². The number of nitrogen functional groups attached to an aromatic ring is 1. The Kier molecular flexibility index (Phi) is 2.42. The van der Waals surface area contributed by atoms with E-state index in [1.165, 1.54) is 6.07 Å². The van der Waals surface area contributed by atoms with Crippen LogP contribution >= 0.6 is 0 Å². The molecule has 2 saturated heterocycles. The van der Waals surface area contributed by atoms with E-state index >= 15 is 0 Å². The fourth-order valence-corrected chi connectivity index (χ4v) is 3.68. The van der Waals surface area contributed by atoms with Crippen LogP contribution in [0.2, 0.25) is 0 Å². The molecule has 2 aliphatic heterocycles. The van der Waals surface area contributed by atoms with Gasteiger partial charge >= 0.3 is 0 Å². The van der Waals surface area contributed by atoms with Crippen molar-refractivity contribution in [3.8, 4) is 0 Å². The third-order valence-electron chi connectivity index (χ3n) is 4.70. The molecule has 0 aliphatic carbocycles. The quantitative estimate of drug-likeness (QED) is 0.712. The summed E-state index contributed by atoms with van der Waals surface area (Å²) in [6.07, 6.45) is 1.02. The normalized spacial score (nSPS) is 23.5. The van der Waals surface area contributed by atoms with Gasteiger partial charge in [-0.1, -0.05) is 0 Å². The van der Waals surface area contributed by atoms with Crippen molar-refractivity contribution in [1.29, 1.82) is 0 Å². The summed E-state index contributed by atoms with van der Waals surface area (Å²) in [5.41, 5.74) is 6.62. The van der Waals surface area contributed by atoms with E-state index in [-0.39, 0.29) is 22.4 Å². The molecule has 118 valence electrons. The number of nitrogens with zero attached hydrogens (tertiary/aromatic N) is 3. The number of fused-ring (bicyclic) bond motifs is 5. The van der Waals surface area contributed by atoms with Gasteiger partial charge in [-0.3, -0.25) is 0 Å². The summed E-state index contributed by atoms with van der Waals surface area (Å²) in [6.45, 7) is 1.64. The molecule has 2 aromatic heterocycles. The minimum Gasteiger partial charge on any atom is -0.450 e. The molecule has 2 aliphatic rings. The molecule has 23 heavy (non-hydrogen) atoms. The van der Waals surface area contributed by atoms with Gasteiger partial charge in [0.15, 0.2) is 23.0 Å². The Bertz CT molecular complexity index is 956. The van der Waals surface area contributed by atoms with Crippen LogP contribution in [0.4, 0.5) is 20.5 Å². The second-order valence-electron chi connectivity index (χ2n) is 6.07. The van der Waals surface area contributed by atoms with E-state index in [9.17, 15) is 8.78 Å². The molecule has 0 spiro atoms. The van der Waals surface area contributed by atoms with Gasteiger partial charge in [-0.2, -0.15) is 4.98 Å². The summed E-state index contributed by atoms with van der Waals surface area (Å²) in [4.78, 5) is 10.5. The fraction of sp³-hybridized carbons (Fsp3) is 0.333. The Morgan fingerprint density at radius 1 is 1.30 bits per heavy atom. The van der Waals surface area contributed by atoms with Crippen molar-refractivity contribution in [2.75, 3.05) is 23.7 Å². The predicted molar refractivity (Wildman–Crippen MR) is 81.2 cm³/mol. The Labute approximate surface area is 129 Å². The standard InChI is InChI=1S/C15H13F2N5O/c16-8-1-2-9-10(11(8)17)12-13(23-9)14(21-15(18)20-12)22-5-6-3-7(22)4-19-6/h1-2,6-7,19H,3-5H2,(H2,18,20,21)/t6-,7-/m0/s1. The van der Waals surface area contributed by atoms with E-state index < -0.39 is 11.6 Å². The molecule has 0 unspecified atom stereocenters. The van der Waals surface area contributed by atoms with Gasteiger partial charge in [0.2, 0.25) is 5.95 Å². The first-order chi connectivity index (χ1) is 11.1. The van der Waals surface area contributed by atoms with Gasteiger partial charge in [-0.05, 0) is 18.6 Å². The number of nitrogens with two attached hydrogens (primary N) is 1. The van der Waals surface area contributed by atoms with E-state index in [0.29, 0.717) is 23.5 Å². The highest BCUT2D eigenvalue weighted by Crippen LogP contribution is 2.38. The highest BCUT2D eigenvalue weighted by molar-refractivity contribution is 6.06. The minimum atomic E-state index is -0.977. The molecular weight excluding hydrogens is 304 g/mol. The van der Waals surface area contributed by atoms with Crippen molar-refractivity contribution in [1.82, 2.24) is 15.3 Å². The smallest absolute Gasteiger partial charge is 0.222 e. The van der Waals surface area contributed by atoms with Crippen LogP contribution in [0.5, 0.6) is 0 Å². The SMILES string of the molecule is Nc1nc(N2C[C@@H]3C[C@H]2CN3)c2oc3ccc(F)c(F)c3c2n1. The summed E-state index contributed by atoms with van der Waals surface area (Å²) in [5, 5.41) is 3.42. The van der Waals surface area contributed by atoms with Crippen molar-refractivity contribution in [3.63, 3.8) is 0 Å². The number of furan rings is 1. The van der Waals surface area contributed by atoms with Crippen molar-refractivity contribution < 1.29 is 13.2 Å². The molecule has 2 bridgehead atoms. The van der Waals surface area contributed by atoms with Crippen molar-refractivity contribution >= 4 is 33.8 Å². The average molecular weight is 317 g/mol. The van der Waals surface area contributed by atoms with Gasteiger partial charge in [0, 0.05) is 25.2 Å². The maximum atomic E-state index is 14.2. The van der Waals surface area contributed by atoms with Crippen molar-refractivity contribution in [2.45, 2.75) is 18.5 Å². The molecule has 8 heteroatoms. The van der Waals surface area contributed by atoms with E-state index in [4.69, 9.17) is 10.2 Å². The molecule has 2 fully saturated rings. The first kappa shape index (κ1) is 13.0. The molecule has 1 aromatic carbocycles. The van der Waals surface area contributed by atoms with Gasteiger partial charge in [-0.15, -0.1) is 0 Å². The van der Waals surface area contributed by atoms with Crippen molar-refractivity contribution in [3.05, 3.63) is 23.8 Å². The Balaban J connectivity index is 1.82. The highest BCUT2D eigenvalue weighted by Gasteiger charge is 2.40. The number of piperazine rings is 1. The van der Waals surface area contributed by atoms with Gasteiger partial charge < -0.3 is 20.4 Å². The van der Waals surface area contributed by atoms with Gasteiger partial charge in [0.25, 0.3) is 0 Å². The summed E-state index contributed by atoms with van der Waals surface area (Å²) in [6, 6.07) is 3.14. The lowest BCUT2D eigenvalue weighted by molar-refractivity contribution is 0.516. The average Bonchev–Trinajstić information content (AvgIpc) is 3.23. The number of hydrogen-bond donors (Lipinski definition) is 2. The van der Waals surface area contributed by atoms with Crippen molar-refractivity contribution in [2.24, 2.45) is 0 Å². The second kappa shape index (κ2) is 4.29. The zero-order valence-electron chi connectivity index (χ0n) is 12.0. The molecule has 3 aromatic rings. The molecule has 2 atom stereocenters. The molecule has 4 heterocycles. The molecule has 0 amide bonds. The van der Waals surface area contributed by atoms with Crippen LogP contribution in [0.15, 0.2) is 16.5 Å². The first-order valence-corrected chi connectivity index (χ1v) is 7.45. The lowest BCUT2D eigenvalue weighted by Gasteiger charge is -2.28. The third-order valence-corrected chi connectivity index (χ3v) is 4.70. The lowest BCUT2D eigenvalue weighted by atomic mass is 10.2. The highest BCUT2D eigenvalue weighted by atomic mass is 19.2. The van der Waals surface area contributed by atoms with Gasteiger partial charge in [0.1, 0.15) is 11.1 Å². The predicted octanol–water partition coefficient (Wildman–Crippen LogP) is 1.79. The number of anilines is 2. The molecule has 5 rings (SSSR count). The second-order valence-corrected chi connectivity index (χ2v) is 6.07. The van der Waals surface area contributed by atoms with Crippen LogP contribution in [0.1, 0.15) is 6.42 Å². The molecule has 6 nitrogen and oxygen atoms in total. The third kappa shape index (κ3) is 1.69. The summed E-state index contributed by atoms with van der Waals surface area (Å²) in [5.74, 6) is -1.34.